The fourth-order valence-electron chi connectivity index (χ4n) is 1.73. The van der Waals surface area contributed by atoms with Crippen molar-refractivity contribution in [3.8, 4) is 0 Å². The van der Waals surface area contributed by atoms with Crippen LogP contribution in [0.3, 0.4) is 0 Å². The van der Waals surface area contributed by atoms with Crippen molar-refractivity contribution < 1.29 is 9.90 Å². The van der Waals surface area contributed by atoms with Gasteiger partial charge in [0.15, 0.2) is 0 Å². The van der Waals surface area contributed by atoms with Crippen molar-refractivity contribution in [3.05, 3.63) is 33.3 Å². The maximum absolute atomic E-state index is 12.1. The molecule has 0 aliphatic carbocycles. The molecule has 3 nitrogen and oxygen atoms in total. The number of halogens is 2. The van der Waals surface area contributed by atoms with Gasteiger partial charge in [-0.1, -0.05) is 25.4 Å². The lowest BCUT2D eigenvalue weighted by Crippen LogP contribution is -2.34. The smallest absolute Gasteiger partial charge is 0.252 e. The molecule has 0 saturated heterocycles. The van der Waals surface area contributed by atoms with Gasteiger partial charge in [0.1, 0.15) is 0 Å². The van der Waals surface area contributed by atoms with Crippen LogP contribution in [0.25, 0.3) is 0 Å². The summed E-state index contributed by atoms with van der Waals surface area (Å²) in [6, 6.07) is 5.09. The molecule has 5 heteroatoms. The zero-order valence-electron chi connectivity index (χ0n) is 11.2. The van der Waals surface area contributed by atoms with Crippen molar-refractivity contribution in [2.75, 3.05) is 13.2 Å². The molecular formula is C14H19BrClNO2. The number of amides is 1. The molecule has 0 aromatic heterocycles. The highest BCUT2D eigenvalue weighted by Gasteiger charge is 2.19. The third kappa shape index (κ3) is 5.51. The maximum Gasteiger partial charge on any atom is 0.252 e. The molecule has 0 saturated carbocycles. The van der Waals surface area contributed by atoms with E-state index < -0.39 is 0 Å². The van der Waals surface area contributed by atoms with Gasteiger partial charge < -0.3 is 10.4 Å². The van der Waals surface area contributed by atoms with E-state index in [1.54, 1.807) is 18.2 Å². The molecule has 0 heterocycles. The molecule has 0 bridgehead atoms. The van der Waals surface area contributed by atoms with Crippen LogP contribution < -0.4 is 5.32 Å². The number of rotatable bonds is 6. The number of aliphatic hydroxyl groups excluding tert-OH is 1. The zero-order valence-corrected chi connectivity index (χ0v) is 13.5. The highest BCUT2D eigenvalue weighted by Crippen LogP contribution is 2.23. The Balaban J connectivity index is 2.60. The Morgan fingerprint density at radius 3 is 2.74 bits per heavy atom. The molecule has 0 unspecified atom stereocenters. The first-order valence-corrected chi connectivity index (χ1v) is 7.37. The molecule has 106 valence electrons. The molecule has 2 N–H and O–H groups in total. The van der Waals surface area contributed by atoms with Crippen molar-refractivity contribution in [2.24, 2.45) is 5.41 Å². The van der Waals surface area contributed by atoms with Gasteiger partial charge in [-0.05, 0) is 52.4 Å². The van der Waals surface area contributed by atoms with Gasteiger partial charge in [-0.25, -0.2) is 0 Å². The fraction of sp³-hybridized carbons (Fsp3) is 0.500. The Kier molecular flexibility index (Phi) is 6.30. The molecule has 0 aliphatic rings. The second-order valence-electron chi connectivity index (χ2n) is 5.30. The van der Waals surface area contributed by atoms with E-state index >= 15 is 0 Å². The van der Waals surface area contributed by atoms with E-state index in [4.69, 9.17) is 16.7 Å². The van der Waals surface area contributed by atoms with Gasteiger partial charge in [0.05, 0.1) is 5.56 Å². The van der Waals surface area contributed by atoms with Crippen molar-refractivity contribution in [2.45, 2.75) is 26.7 Å². The Labute approximate surface area is 127 Å². The van der Waals surface area contributed by atoms with Crippen molar-refractivity contribution in [3.63, 3.8) is 0 Å². The van der Waals surface area contributed by atoms with Crippen LogP contribution in [0.5, 0.6) is 0 Å². The standard InChI is InChI=1S/C14H19BrClNO2/c1-14(2,6-3-7-18)9-17-13(19)11-5-4-10(16)8-12(11)15/h4-5,8,18H,3,6-7,9H2,1-2H3,(H,17,19). The molecule has 1 aromatic rings. The number of hydrogen-bond acceptors (Lipinski definition) is 2. The normalized spacial score (nSPS) is 11.4. The molecule has 1 aromatic carbocycles. The van der Waals surface area contributed by atoms with Crippen molar-refractivity contribution >= 4 is 33.4 Å². The number of carbonyl (C=O) groups excluding carboxylic acids is 1. The van der Waals surface area contributed by atoms with Crippen LogP contribution in [0, 0.1) is 5.41 Å². The van der Waals surface area contributed by atoms with E-state index in [1.165, 1.54) is 0 Å². The summed E-state index contributed by atoms with van der Waals surface area (Å²) in [4.78, 5) is 12.1. The summed E-state index contributed by atoms with van der Waals surface area (Å²) in [6.07, 6.45) is 1.61. The molecule has 0 spiro atoms. The first kappa shape index (κ1) is 16.5. The largest absolute Gasteiger partial charge is 0.396 e. The predicted octanol–water partition coefficient (Wildman–Crippen LogP) is 3.63. The molecule has 0 aliphatic heterocycles. The van der Waals surface area contributed by atoms with Crippen LogP contribution >= 0.6 is 27.5 Å². The highest BCUT2D eigenvalue weighted by atomic mass is 79.9. The summed E-state index contributed by atoms with van der Waals surface area (Å²) >= 11 is 9.17. The Morgan fingerprint density at radius 1 is 1.47 bits per heavy atom. The number of benzene rings is 1. The van der Waals surface area contributed by atoms with Crippen LogP contribution in [-0.2, 0) is 0 Å². The first-order valence-electron chi connectivity index (χ1n) is 6.20. The maximum atomic E-state index is 12.1. The van der Waals surface area contributed by atoms with Gasteiger partial charge >= 0.3 is 0 Å². The van der Waals surface area contributed by atoms with E-state index in [2.05, 4.69) is 35.1 Å². The lowest BCUT2D eigenvalue weighted by Gasteiger charge is -2.24. The minimum Gasteiger partial charge on any atom is -0.396 e. The van der Waals surface area contributed by atoms with E-state index in [1.807, 2.05) is 0 Å². The van der Waals surface area contributed by atoms with Crippen LogP contribution in [0.2, 0.25) is 5.02 Å². The van der Waals surface area contributed by atoms with E-state index in [9.17, 15) is 4.79 Å². The van der Waals surface area contributed by atoms with Gasteiger partial charge in [-0.3, -0.25) is 4.79 Å². The number of nitrogens with one attached hydrogen (secondary N) is 1. The van der Waals surface area contributed by atoms with Crippen LogP contribution in [0.4, 0.5) is 0 Å². The zero-order chi connectivity index (χ0) is 14.5. The van der Waals surface area contributed by atoms with Crippen molar-refractivity contribution in [1.82, 2.24) is 5.32 Å². The molecule has 0 fully saturated rings. The lowest BCUT2D eigenvalue weighted by molar-refractivity contribution is 0.0932. The third-order valence-corrected chi connectivity index (χ3v) is 3.81. The van der Waals surface area contributed by atoms with Crippen molar-refractivity contribution in [1.29, 1.82) is 0 Å². The van der Waals surface area contributed by atoms with Gasteiger partial charge in [-0.2, -0.15) is 0 Å². The molecule has 1 amide bonds. The third-order valence-electron chi connectivity index (χ3n) is 2.91. The van der Waals surface area contributed by atoms with Gasteiger partial charge in [0.2, 0.25) is 0 Å². The second-order valence-corrected chi connectivity index (χ2v) is 6.59. The summed E-state index contributed by atoms with van der Waals surface area (Å²) in [7, 11) is 0. The molecule has 0 atom stereocenters. The predicted molar refractivity (Wildman–Crippen MR) is 81.6 cm³/mol. The number of hydrogen-bond donors (Lipinski definition) is 2. The van der Waals surface area contributed by atoms with Crippen LogP contribution in [0.1, 0.15) is 37.0 Å². The first-order chi connectivity index (χ1) is 8.85. The topological polar surface area (TPSA) is 49.3 Å². The lowest BCUT2D eigenvalue weighted by atomic mass is 9.88. The van der Waals surface area contributed by atoms with Gasteiger partial charge in [-0.15, -0.1) is 0 Å². The Hall–Kier alpha value is -0.580. The van der Waals surface area contributed by atoms with Gasteiger partial charge in [0.25, 0.3) is 5.91 Å². The number of aliphatic hydroxyl groups is 1. The van der Waals surface area contributed by atoms with Gasteiger partial charge in [0, 0.05) is 22.6 Å². The Bertz CT molecular complexity index is 449. The summed E-state index contributed by atoms with van der Waals surface area (Å²) in [5.41, 5.74) is 0.541. The quantitative estimate of drug-likeness (QED) is 0.824. The summed E-state index contributed by atoms with van der Waals surface area (Å²) in [6.45, 7) is 4.89. The van der Waals surface area contributed by atoms with E-state index in [0.29, 0.717) is 21.6 Å². The molecule has 0 radical (unpaired) electrons. The highest BCUT2D eigenvalue weighted by molar-refractivity contribution is 9.10. The molecule has 1 rings (SSSR count). The van der Waals surface area contributed by atoms with Crippen LogP contribution in [0.15, 0.2) is 22.7 Å². The van der Waals surface area contributed by atoms with E-state index in [0.717, 1.165) is 12.8 Å². The fourth-order valence-corrected chi connectivity index (χ4v) is 2.60. The average Bonchev–Trinajstić information content (AvgIpc) is 2.34. The summed E-state index contributed by atoms with van der Waals surface area (Å²) in [5, 5.41) is 12.3. The monoisotopic (exact) mass is 347 g/mol. The minimum absolute atomic E-state index is 0.0305. The minimum atomic E-state index is -0.124. The average molecular weight is 349 g/mol. The summed E-state index contributed by atoms with van der Waals surface area (Å²) in [5.74, 6) is -0.124. The molecular weight excluding hydrogens is 330 g/mol. The molecule has 19 heavy (non-hydrogen) atoms. The number of carbonyl (C=O) groups is 1. The summed E-state index contributed by atoms with van der Waals surface area (Å²) < 4.78 is 0.686. The van der Waals surface area contributed by atoms with Crippen LogP contribution in [-0.4, -0.2) is 24.2 Å². The van der Waals surface area contributed by atoms with E-state index in [-0.39, 0.29) is 17.9 Å². The second kappa shape index (κ2) is 7.27. The SMILES string of the molecule is CC(C)(CCCO)CNC(=O)c1ccc(Cl)cc1Br. The Morgan fingerprint density at radius 2 is 2.16 bits per heavy atom.